The number of aryl methyl sites for hydroxylation is 1. The zero-order chi connectivity index (χ0) is 22.7. The van der Waals surface area contributed by atoms with Crippen molar-refractivity contribution in [3.05, 3.63) is 90.3 Å². The number of hydrogen-bond donors (Lipinski definition) is 0. The van der Waals surface area contributed by atoms with Crippen LogP contribution in [0.4, 0.5) is 0 Å². The first-order valence-electron chi connectivity index (χ1n) is 11.3. The zero-order valence-corrected chi connectivity index (χ0v) is 19.3. The smallest absolute Gasteiger partial charge is 0.142 e. The maximum absolute atomic E-state index is 6.40. The maximum atomic E-state index is 6.40. The van der Waals surface area contributed by atoms with Gasteiger partial charge >= 0.3 is 0 Å². The number of hydrogen-bond acceptors (Lipinski definition) is 3. The monoisotopic (exact) mass is 431 g/mol. The van der Waals surface area contributed by atoms with E-state index < -0.39 is 0 Å². The molecule has 0 atom stereocenters. The Bertz CT molecular complexity index is 1660. The van der Waals surface area contributed by atoms with Gasteiger partial charge in [0.15, 0.2) is 0 Å². The Kier molecular flexibility index (Phi) is 4.25. The van der Waals surface area contributed by atoms with E-state index >= 15 is 0 Å². The average Bonchev–Trinajstić information content (AvgIpc) is 3.38. The van der Waals surface area contributed by atoms with E-state index in [1.54, 1.807) is 6.26 Å². The lowest BCUT2D eigenvalue weighted by atomic mass is 9.82. The first-order valence-corrected chi connectivity index (χ1v) is 11.3. The molecule has 6 rings (SSSR count). The number of fused-ring (bicyclic) bond motifs is 3. The summed E-state index contributed by atoms with van der Waals surface area (Å²) in [4.78, 5) is 4.84. The van der Waals surface area contributed by atoms with E-state index in [0.717, 1.165) is 50.1 Å². The quantitative estimate of drug-likeness (QED) is 0.275. The van der Waals surface area contributed by atoms with Crippen molar-refractivity contribution in [1.29, 1.82) is 0 Å². The fraction of sp³-hybridized carbons (Fsp3) is 0.167. The van der Waals surface area contributed by atoms with Crippen LogP contribution in [0.3, 0.4) is 0 Å². The molecule has 3 heterocycles. The van der Waals surface area contributed by atoms with Gasteiger partial charge in [0.1, 0.15) is 23.2 Å². The molecule has 3 heteroatoms. The molecule has 3 aromatic carbocycles. The maximum Gasteiger partial charge on any atom is 0.142 e. The molecule has 0 N–H and O–H groups in total. The fourth-order valence-electron chi connectivity index (χ4n) is 4.89. The van der Waals surface area contributed by atoms with Gasteiger partial charge in [0, 0.05) is 22.7 Å². The number of pyridine rings is 1. The molecule has 6 aromatic rings. The lowest BCUT2D eigenvalue weighted by Crippen LogP contribution is -2.12. The Balaban J connectivity index is 1.63. The van der Waals surface area contributed by atoms with Crippen LogP contribution >= 0.6 is 0 Å². The number of furan rings is 2. The van der Waals surface area contributed by atoms with E-state index in [4.69, 9.17) is 13.8 Å². The van der Waals surface area contributed by atoms with Gasteiger partial charge in [0.25, 0.3) is 0 Å². The second-order valence-electron chi connectivity index (χ2n) is 9.73. The van der Waals surface area contributed by atoms with Gasteiger partial charge in [-0.25, -0.2) is 0 Å². The molecule has 0 aliphatic rings. The average molecular weight is 432 g/mol. The minimum absolute atomic E-state index is 0.00974. The minimum Gasteiger partial charge on any atom is -0.464 e. The lowest BCUT2D eigenvalue weighted by Gasteiger charge is -2.22. The summed E-state index contributed by atoms with van der Waals surface area (Å²) >= 11 is 0. The van der Waals surface area contributed by atoms with Crippen LogP contribution in [0.2, 0.25) is 0 Å². The van der Waals surface area contributed by atoms with Gasteiger partial charge in [-0.2, -0.15) is 0 Å². The summed E-state index contributed by atoms with van der Waals surface area (Å²) in [5, 5.41) is 4.61. The highest BCUT2D eigenvalue weighted by molar-refractivity contribution is 6.03. The Morgan fingerprint density at radius 2 is 1.58 bits per heavy atom. The summed E-state index contributed by atoms with van der Waals surface area (Å²) in [6, 6.07) is 23.1. The van der Waals surface area contributed by atoms with Crippen molar-refractivity contribution >= 4 is 32.7 Å². The molecule has 162 valence electrons. The van der Waals surface area contributed by atoms with Gasteiger partial charge in [-0.15, -0.1) is 0 Å². The summed E-state index contributed by atoms with van der Waals surface area (Å²) in [5.41, 5.74) is 7.12. The van der Waals surface area contributed by atoms with Crippen LogP contribution in [0.15, 0.2) is 88.0 Å². The molecule has 3 aromatic heterocycles. The first kappa shape index (κ1) is 19.8. The molecule has 0 saturated heterocycles. The van der Waals surface area contributed by atoms with Crippen molar-refractivity contribution in [3.63, 3.8) is 0 Å². The number of para-hydroxylation sites is 1. The number of benzene rings is 3. The molecule has 0 radical (unpaired) electrons. The van der Waals surface area contributed by atoms with Crippen LogP contribution in [0.5, 0.6) is 0 Å². The normalized spacial score (nSPS) is 12.2. The largest absolute Gasteiger partial charge is 0.464 e. The van der Waals surface area contributed by atoms with Crippen molar-refractivity contribution in [2.24, 2.45) is 0 Å². The third kappa shape index (κ3) is 3.07. The Labute approximate surface area is 192 Å². The molecule has 0 fully saturated rings. The predicted molar refractivity (Wildman–Crippen MR) is 136 cm³/mol. The number of nitrogens with zero attached hydrogens (tertiary/aromatic N) is 1. The second-order valence-corrected chi connectivity index (χ2v) is 9.73. The van der Waals surface area contributed by atoms with E-state index in [-0.39, 0.29) is 5.41 Å². The molecular formula is C30H25NO2. The van der Waals surface area contributed by atoms with Gasteiger partial charge in [-0.05, 0) is 52.9 Å². The van der Waals surface area contributed by atoms with Crippen LogP contribution in [0.1, 0.15) is 31.9 Å². The first-order chi connectivity index (χ1) is 15.9. The summed E-state index contributed by atoms with van der Waals surface area (Å²) in [6.45, 7) is 8.90. The standard InChI is InChI=1S/C30H25NO2/c1-18-27-26(33-29(18)23-17-32-25-12-8-7-11-22(23)25)13-14-31-28(27)20-15-19-9-5-6-10-21(19)24(16-20)30(2,3)4/h5-17H,1-4H3. The summed E-state index contributed by atoms with van der Waals surface area (Å²) in [6.07, 6.45) is 3.63. The summed E-state index contributed by atoms with van der Waals surface area (Å²) in [7, 11) is 0. The molecule has 0 unspecified atom stereocenters. The molecule has 33 heavy (non-hydrogen) atoms. The number of rotatable bonds is 2. The summed E-state index contributed by atoms with van der Waals surface area (Å²) < 4.78 is 12.2. The lowest BCUT2D eigenvalue weighted by molar-refractivity contribution is 0.596. The van der Waals surface area contributed by atoms with Gasteiger partial charge in [0.2, 0.25) is 0 Å². The molecule has 0 bridgehead atoms. The third-order valence-electron chi connectivity index (χ3n) is 6.51. The van der Waals surface area contributed by atoms with Crippen LogP contribution in [0, 0.1) is 6.92 Å². The molecule has 0 saturated carbocycles. The highest BCUT2D eigenvalue weighted by Gasteiger charge is 2.23. The van der Waals surface area contributed by atoms with Gasteiger partial charge in [-0.1, -0.05) is 63.2 Å². The van der Waals surface area contributed by atoms with Gasteiger partial charge < -0.3 is 8.83 Å². The summed E-state index contributed by atoms with van der Waals surface area (Å²) in [5.74, 6) is 0.834. The zero-order valence-electron chi connectivity index (χ0n) is 19.3. The minimum atomic E-state index is 0.00974. The Hall–Kier alpha value is -3.85. The highest BCUT2D eigenvalue weighted by Crippen LogP contribution is 2.42. The van der Waals surface area contributed by atoms with E-state index in [1.165, 1.54) is 16.3 Å². The van der Waals surface area contributed by atoms with E-state index in [2.05, 4.69) is 70.2 Å². The van der Waals surface area contributed by atoms with Crippen LogP contribution in [-0.4, -0.2) is 4.98 Å². The Morgan fingerprint density at radius 3 is 2.39 bits per heavy atom. The third-order valence-corrected chi connectivity index (χ3v) is 6.51. The Morgan fingerprint density at radius 1 is 0.818 bits per heavy atom. The van der Waals surface area contributed by atoms with Crippen molar-refractivity contribution in [1.82, 2.24) is 4.98 Å². The molecule has 0 spiro atoms. The molecular weight excluding hydrogens is 406 g/mol. The second kappa shape index (κ2) is 7.08. The molecule has 0 aliphatic carbocycles. The predicted octanol–water partition coefficient (Wildman–Crippen LogP) is 8.67. The van der Waals surface area contributed by atoms with Crippen molar-refractivity contribution in [3.8, 4) is 22.6 Å². The topological polar surface area (TPSA) is 39.2 Å². The number of aromatic nitrogens is 1. The van der Waals surface area contributed by atoms with Crippen LogP contribution in [-0.2, 0) is 5.41 Å². The molecule has 3 nitrogen and oxygen atoms in total. The molecule has 0 aliphatic heterocycles. The van der Waals surface area contributed by atoms with Crippen LogP contribution < -0.4 is 0 Å². The fourth-order valence-corrected chi connectivity index (χ4v) is 4.89. The van der Waals surface area contributed by atoms with Crippen molar-refractivity contribution < 1.29 is 8.83 Å². The van der Waals surface area contributed by atoms with Gasteiger partial charge in [0.05, 0.1) is 16.6 Å². The van der Waals surface area contributed by atoms with E-state index in [9.17, 15) is 0 Å². The van der Waals surface area contributed by atoms with E-state index in [1.807, 2.05) is 30.5 Å². The SMILES string of the molecule is Cc1c(-c2coc3ccccc23)oc2ccnc(-c3cc(C(C)(C)C)c4ccccc4c3)c12. The van der Waals surface area contributed by atoms with Crippen LogP contribution in [0.25, 0.3) is 55.3 Å². The van der Waals surface area contributed by atoms with Gasteiger partial charge in [-0.3, -0.25) is 4.98 Å². The highest BCUT2D eigenvalue weighted by atomic mass is 16.3. The van der Waals surface area contributed by atoms with Crippen molar-refractivity contribution in [2.45, 2.75) is 33.1 Å². The molecule has 0 amide bonds. The van der Waals surface area contributed by atoms with E-state index in [0.29, 0.717) is 0 Å². The van der Waals surface area contributed by atoms with Crippen molar-refractivity contribution in [2.75, 3.05) is 0 Å².